The highest BCUT2D eigenvalue weighted by Crippen LogP contribution is 2.30. The number of nitrogen functional groups attached to an aromatic ring is 1. The van der Waals surface area contributed by atoms with Gasteiger partial charge < -0.3 is 10.7 Å². The predicted octanol–water partition coefficient (Wildman–Crippen LogP) is 3.21. The highest BCUT2D eigenvalue weighted by Gasteiger charge is 2.25. The van der Waals surface area contributed by atoms with Crippen LogP contribution in [0.25, 0.3) is 11.0 Å². The number of aromatic amines is 1. The maximum atomic E-state index is 13.2. The van der Waals surface area contributed by atoms with E-state index < -0.39 is 9.84 Å². The SMILES string of the molecule is Nc1nc2c(S(=O)(=O)c3ccccc3)cc(C(=O)c3ccccc3)cc2[nH]1. The van der Waals surface area contributed by atoms with Crippen molar-refractivity contribution in [2.24, 2.45) is 0 Å². The first-order valence-electron chi connectivity index (χ1n) is 8.16. The van der Waals surface area contributed by atoms with Gasteiger partial charge in [-0.3, -0.25) is 4.79 Å². The average molecular weight is 377 g/mol. The Labute approximate surface area is 155 Å². The number of hydrogen-bond donors (Lipinski definition) is 2. The third-order valence-corrected chi connectivity index (χ3v) is 5.99. The minimum atomic E-state index is -3.88. The first kappa shape index (κ1) is 17.0. The summed E-state index contributed by atoms with van der Waals surface area (Å²) in [6.07, 6.45) is 0. The number of anilines is 1. The Morgan fingerprint density at radius 3 is 2.19 bits per heavy atom. The summed E-state index contributed by atoms with van der Waals surface area (Å²) in [4.78, 5) is 19.8. The number of fused-ring (bicyclic) bond motifs is 1. The van der Waals surface area contributed by atoms with Crippen LogP contribution in [0.4, 0.5) is 5.95 Å². The summed E-state index contributed by atoms with van der Waals surface area (Å²) >= 11 is 0. The van der Waals surface area contributed by atoms with Gasteiger partial charge in [0.2, 0.25) is 9.84 Å². The third-order valence-electron chi connectivity index (χ3n) is 4.21. The van der Waals surface area contributed by atoms with Gasteiger partial charge in [0, 0.05) is 11.1 Å². The van der Waals surface area contributed by atoms with Gasteiger partial charge in [0.1, 0.15) is 10.4 Å². The van der Waals surface area contributed by atoms with Crippen LogP contribution in [-0.4, -0.2) is 24.2 Å². The van der Waals surface area contributed by atoms with E-state index in [2.05, 4.69) is 9.97 Å². The lowest BCUT2D eigenvalue weighted by molar-refractivity contribution is 0.103. The van der Waals surface area contributed by atoms with Gasteiger partial charge in [0.25, 0.3) is 0 Å². The topological polar surface area (TPSA) is 106 Å². The van der Waals surface area contributed by atoms with Crippen LogP contribution in [0.5, 0.6) is 0 Å². The number of sulfone groups is 1. The van der Waals surface area contributed by atoms with Crippen LogP contribution in [0.3, 0.4) is 0 Å². The largest absolute Gasteiger partial charge is 0.369 e. The van der Waals surface area contributed by atoms with Gasteiger partial charge in [-0.25, -0.2) is 13.4 Å². The zero-order valence-corrected chi connectivity index (χ0v) is 14.9. The van der Waals surface area contributed by atoms with Crippen molar-refractivity contribution in [2.45, 2.75) is 9.79 Å². The number of rotatable bonds is 4. The van der Waals surface area contributed by atoms with E-state index in [1.54, 1.807) is 54.6 Å². The first-order chi connectivity index (χ1) is 13.0. The molecule has 0 amide bonds. The lowest BCUT2D eigenvalue weighted by atomic mass is 10.0. The fourth-order valence-electron chi connectivity index (χ4n) is 2.92. The number of nitrogens with one attached hydrogen (secondary N) is 1. The maximum Gasteiger partial charge on any atom is 0.208 e. The molecule has 0 bridgehead atoms. The van der Waals surface area contributed by atoms with E-state index in [9.17, 15) is 13.2 Å². The molecule has 27 heavy (non-hydrogen) atoms. The van der Waals surface area contributed by atoms with Gasteiger partial charge in [0.05, 0.1) is 10.4 Å². The van der Waals surface area contributed by atoms with E-state index in [1.807, 2.05) is 0 Å². The molecular weight excluding hydrogens is 362 g/mol. The standard InChI is InChI=1S/C20H15N3O3S/c21-20-22-16-11-14(19(24)13-7-3-1-4-8-13)12-17(18(16)23-20)27(25,26)15-9-5-2-6-10-15/h1-12H,(H3,21,22,23). The normalized spacial score (nSPS) is 11.6. The molecule has 0 aliphatic heterocycles. The quantitative estimate of drug-likeness (QED) is 0.531. The molecule has 3 N–H and O–H groups in total. The fraction of sp³-hybridized carbons (Fsp3) is 0. The minimum Gasteiger partial charge on any atom is -0.369 e. The van der Waals surface area contributed by atoms with Crippen molar-refractivity contribution in [3.05, 3.63) is 83.9 Å². The predicted molar refractivity (Wildman–Crippen MR) is 102 cm³/mol. The molecular formula is C20H15N3O3S. The summed E-state index contributed by atoms with van der Waals surface area (Å²) in [5.41, 5.74) is 7.04. The molecule has 0 unspecified atom stereocenters. The molecule has 134 valence electrons. The van der Waals surface area contributed by atoms with Crippen molar-refractivity contribution in [1.29, 1.82) is 0 Å². The van der Waals surface area contributed by atoms with Crippen molar-refractivity contribution in [1.82, 2.24) is 9.97 Å². The second-order valence-corrected chi connectivity index (χ2v) is 7.92. The molecule has 0 aliphatic rings. The Hall–Kier alpha value is -3.45. The molecule has 0 spiro atoms. The monoisotopic (exact) mass is 377 g/mol. The Balaban J connectivity index is 1.96. The fourth-order valence-corrected chi connectivity index (χ4v) is 4.39. The summed E-state index contributed by atoms with van der Waals surface area (Å²) < 4.78 is 26.3. The summed E-state index contributed by atoms with van der Waals surface area (Å²) in [5, 5.41) is 0. The number of nitrogens with zero attached hydrogens (tertiary/aromatic N) is 1. The van der Waals surface area contributed by atoms with Gasteiger partial charge in [-0.15, -0.1) is 0 Å². The average Bonchev–Trinajstić information content (AvgIpc) is 3.07. The van der Waals surface area contributed by atoms with Gasteiger partial charge in [0.15, 0.2) is 11.7 Å². The molecule has 6 nitrogen and oxygen atoms in total. The Kier molecular flexibility index (Phi) is 4.01. The van der Waals surface area contributed by atoms with Crippen LogP contribution in [0, 0.1) is 0 Å². The van der Waals surface area contributed by atoms with Crippen molar-refractivity contribution in [3.8, 4) is 0 Å². The van der Waals surface area contributed by atoms with Crippen LogP contribution in [0.2, 0.25) is 0 Å². The van der Waals surface area contributed by atoms with Gasteiger partial charge in [-0.05, 0) is 24.3 Å². The van der Waals surface area contributed by atoms with Crippen molar-refractivity contribution in [3.63, 3.8) is 0 Å². The van der Waals surface area contributed by atoms with E-state index in [0.29, 0.717) is 11.1 Å². The smallest absolute Gasteiger partial charge is 0.208 e. The molecule has 1 heterocycles. The highest BCUT2D eigenvalue weighted by molar-refractivity contribution is 7.91. The number of hydrogen-bond acceptors (Lipinski definition) is 5. The number of carbonyl (C=O) groups excluding carboxylic acids is 1. The highest BCUT2D eigenvalue weighted by atomic mass is 32.2. The number of carbonyl (C=O) groups is 1. The van der Waals surface area contributed by atoms with E-state index in [4.69, 9.17) is 5.73 Å². The summed E-state index contributed by atoms with van der Waals surface area (Å²) in [6, 6.07) is 19.6. The maximum absolute atomic E-state index is 13.2. The number of nitrogens with two attached hydrogens (primary N) is 1. The van der Waals surface area contributed by atoms with Crippen molar-refractivity contribution >= 4 is 32.6 Å². The van der Waals surface area contributed by atoms with Gasteiger partial charge in [-0.1, -0.05) is 48.5 Å². The molecule has 7 heteroatoms. The summed E-state index contributed by atoms with van der Waals surface area (Å²) in [5.74, 6) is -0.200. The lowest BCUT2D eigenvalue weighted by Gasteiger charge is -2.08. The number of H-pyrrole nitrogens is 1. The zero-order valence-electron chi connectivity index (χ0n) is 14.1. The van der Waals surface area contributed by atoms with E-state index in [1.165, 1.54) is 18.2 Å². The first-order valence-corrected chi connectivity index (χ1v) is 9.64. The van der Waals surface area contributed by atoms with Crippen LogP contribution >= 0.6 is 0 Å². The summed E-state index contributed by atoms with van der Waals surface area (Å²) in [6.45, 7) is 0. The van der Waals surface area contributed by atoms with Crippen molar-refractivity contribution < 1.29 is 13.2 Å². The Morgan fingerprint density at radius 2 is 1.52 bits per heavy atom. The van der Waals surface area contributed by atoms with Crippen LogP contribution in [0.15, 0.2) is 82.6 Å². The molecule has 4 aromatic rings. The minimum absolute atomic E-state index is 0.0570. The van der Waals surface area contributed by atoms with Gasteiger partial charge >= 0.3 is 0 Å². The third kappa shape index (κ3) is 2.98. The van der Waals surface area contributed by atoms with Crippen LogP contribution in [0.1, 0.15) is 15.9 Å². The van der Waals surface area contributed by atoms with Crippen LogP contribution < -0.4 is 5.73 Å². The van der Waals surface area contributed by atoms with E-state index >= 15 is 0 Å². The zero-order chi connectivity index (χ0) is 19.0. The van der Waals surface area contributed by atoms with Gasteiger partial charge in [-0.2, -0.15) is 0 Å². The second-order valence-electron chi connectivity index (χ2n) is 6.00. The molecule has 0 saturated carbocycles. The molecule has 3 aromatic carbocycles. The number of aromatic nitrogens is 2. The Bertz CT molecular complexity index is 1250. The molecule has 1 aromatic heterocycles. The Morgan fingerprint density at radius 1 is 0.889 bits per heavy atom. The number of benzene rings is 3. The molecule has 0 fully saturated rings. The molecule has 0 radical (unpaired) electrons. The second kappa shape index (κ2) is 6.37. The lowest BCUT2D eigenvalue weighted by Crippen LogP contribution is -2.07. The molecule has 4 rings (SSSR count). The summed E-state index contributed by atoms with van der Waals surface area (Å²) in [7, 11) is -3.88. The molecule has 0 saturated heterocycles. The molecule has 0 aliphatic carbocycles. The van der Waals surface area contributed by atoms with E-state index in [-0.39, 0.29) is 32.6 Å². The van der Waals surface area contributed by atoms with Crippen LogP contribution in [-0.2, 0) is 9.84 Å². The number of imidazole rings is 1. The number of ketones is 1. The van der Waals surface area contributed by atoms with Crippen molar-refractivity contribution in [2.75, 3.05) is 5.73 Å². The van der Waals surface area contributed by atoms with E-state index in [0.717, 1.165) is 0 Å². The molecule has 0 atom stereocenters.